The molecule has 1 unspecified atom stereocenters. The van der Waals surface area contributed by atoms with Crippen LogP contribution in [0.5, 0.6) is 5.75 Å². The summed E-state index contributed by atoms with van der Waals surface area (Å²) in [6, 6.07) is 7.30. The molecule has 1 aliphatic heterocycles. The quantitative estimate of drug-likeness (QED) is 0.812. The zero-order valence-electron chi connectivity index (χ0n) is 9.92. The molecule has 1 heterocycles. The number of hydrogen-bond donors (Lipinski definition) is 2. The van der Waals surface area contributed by atoms with Gasteiger partial charge < -0.3 is 20.1 Å². The van der Waals surface area contributed by atoms with Crippen LogP contribution in [0.4, 0.5) is 5.69 Å². The van der Waals surface area contributed by atoms with E-state index < -0.39 is 12.1 Å². The summed E-state index contributed by atoms with van der Waals surface area (Å²) in [5.41, 5.74) is 0.836. The lowest BCUT2D eigenvalue weighted by Crippen LogP contribution is -2.46. The number of likely N-dealkylation sites (N-methyl/N-ethyl adjacent to an activating group) is 1. The molecule has 0 saturated heterocycles. The van der Waals surface area contributed by atoms with E-state index in [0.29, 0.717) is 12.3 Å². The topological polar surface area (TPSA) is 78.9 Å². The Balaban J connectivity index is 2.04. The molecule has 0 bridgehead atoms. The maximum atomic E-state index is 11.9. The second-order valence-electron chi connectivity index (χ2n) is 4.07. The average molecular weight is 250 g/mol. The van der Waals surface area contributed by atoms with Crippen LogP contribution >= 0.6 is 0 Å². The molecule has 1 aromatic rings. The highest BCUT2D eigenvalue weighted by Gasteiger charge is 2.28. The van der Waals surface area contributed by atoms with Gasteiger partial charge in [0, 0.05) is 7.05 Å². The van der Waals surface area contributed by atoms with Crippen LogP contribution in [0.25, 0.3) is 0 Å². The van der Waals surface area contributed by atoms with E-state index in [4.69, 9.17) is 9.84 Å². The first-order chi connectivity index (χ1) is 8.58. The Labute approximate surface area is 104 Å². The van der Waals surface area contributed by atoms with Crippen LogP contribution in [0.15, 0.2) is 24.3 Å². The molecule has 0 radical (unpaired) electrons. The van der Waals surface area contributed by atoms with Crippen LogP contribution in [0, 0.1) is 0 Å². The summed E-state index contributed by atoms with van der Waals surface area (Å²) in [5.74, 6) is -0.791. The smallest absolute Gasteiger partial charge is 0.323 e. The van der Waals surface area contributed by atoms with Gasteiger partial charge in [-0.15, -0.1) is 0 Å². The van der Waals surface area contributed by atoms with Gasteiger partial charge in [-0.2, -0.15) is 0 Å². The zero-order valence-corrected chi connectivity index (χ0v) is 9.92. The van der Waals surface area contributed by atoms with Crippen LogP contribution < -0.4 is 10.1 Å². The van der Waals surface area contributed by atoms with Crippen molar-refractivity contribution in [1.82, 2.24) is 4.90 Å². The van der Waals surface area contributed by atoms with Crippen molar-refractivity contribution in [3.63, 3.8) is 0 Å². The van der Waals surface area contributed by atoms with Crippen LogP contribution in [-0.4, -0.2) is 48.1 Å². The van der Waals surface area contributed by atoms with Crippen molar-refractivity contribution >= 4 is 17.6 Å². The van der Waals surface area contributed by atoms with Crippen LogP contribution in [0.2, 0.25) is 0 Å². The molecule has 2 N–H and O–H groups in total. The predicted octanol–water partition coefficient (Wildman–Crippen LogP) is 0.402. The minimum atomic E-state index is -1.05. The lowest BCUT2D eigenvalue weighted by atomic mass is 10.2. The monoisotopic (exact) mass is 250 g/mol. The molecule has 18 heavy (non-hydrogen) atoms. The van der Waals surface area contributed by atoms with Crippen molar-refractivity contribution in [1.29, 1.82) is 0 Å². The third-order valence-corrected chi connectivity index (χ3v) is 2.66. The SMILES string of the molecule is CN(CC(=O)O)C(=O)C1CNc2ccccc2O1. The number of nitrogens with zero attached hydrogens (tertiary/aromatic N) is 1. The molecule has 0 spiro atoms. The van der Waals surface area contributed by atoms with Crippen molar-refractivity contribution in [2.45, 2.75) is 6.10 Å². The largest absolute Gasteiger partial charge is 0.480 e. The summed E-state index contributed by atoms with van der Waals surface area (Å²) in [7, 11) is 1.44. The minimum Gasteiger partial charge on any atom is -0.480 e. The lowest BCUT2D eigenvalue weighted by Gasteiger charge is -2.28. The zero-order chi connectivity index (χ0) is 13.1. The molecule has 1 aromatic carbocycles. The number of hydrogen-bond acceptors (Lipinski definition) is 4. The Morgan fingerprint density at radius 2 is 2.22 bits per heavy atom. The third-order valence-electron chi connectivity index (χ3n) is 2.66. The first-order valence-corrected chi connectivity index (χ1v) is 5.54. The van der Waals surface area contributed by atoms with Gasteiger partial charge in [-0.3, -0.25) is 9.59 Å². The second kappa shape index (κ2) is 4.95. The molecule has 0 fully saturated rings. The molecule has 0 aromatic heterocycles. The number of rotatable bonds is 3. The number of carbonyl (C=O) groups excluding carboxylic acids is 1. The highest BCUT2D eigenvalue weighted by atomic mass is 16.5. The molecule has 6 nitrogen and oxygen atoms in total. The molecular weight excluding hydrogens is 236 g/mol. The highest BCUT2D eigenvalue weighted by Crippen LogP contribution is 2.28. The van der Waals surface area contributed by atoms with Gasteiger partial charge in [-0.25, -0.2) is 0 Å². The van der Waals surface area contributed by atoms with E-state index in [-0.39, 0.29) is 12.5 Å². The fraction of sp³-hybridized carbons (Fsp3) is 0.333. The summed E-state index contributed by atoms with van der Waals surface area (Å²) in [6.07, 6.45) is -0.691. The van der Waals surface area contributed by atoms with Gasteiger partial charge in [-0.05, 0) is 12.1 Å². The van der Waals surface area contributed by atoms with E-state index in [1.165, 1.54) is 7.05 Å². The lowest BCUT2D eigenvalue weighted by molar-refractivity contribution is -0.146. The Bertz CT molecular complexity index is 475. The number of ether oxygens (including phenoxy) is 1. The fourth-order valence-electron chi connectivity index (χ4n) is 1.78. The molecule has 6 heteroatoms. The van der Waals surface area contributed by atoms with Crippen LogP contribution in [-0.2, 0) is 9.59 Å². The molecule has 2 rings (SSSR count). The van der Waals surface area contributed by atoms with Gasteiger partial charge in [0.15, 0.2) is 6.10 Å². The Morgan fingerprint density at radius 3 is 2.94 bits per heavy atom. The van der Waals surface area contributed by atoms with Crippen LogP contribution in [0.1, 0.15) is 0 Å². The molecule has 0 saturated carbocycles. The van der Waals surface area contributed by atoms with E-state index in [0.717, 1.165) is 10.6 Å². The highest BCUT2D eigenvalue weighted by molar-refractivity contribution is 5.86. The average Bonchev–Trinajstić information content (AvgIpc) is 2.36. The number of anilines is 1. The van der Waals surface area contributed by atoms with E-state index in [1.807, 2.05) is 18.2 Å². The summed E-state index contributed by atoms with van der Waals surface area (Å²) < 4.78 is 5.55. The standard InChI is InChI=1S/C12H14N2O4/c1-14(7-11(15)16)12(17)10-6-13-8-4-2-3-5-9(8)18-10/h2-5,10,13H,6-7H2,1H3,(H,15,16). The third kappa shape index (κ3) is 2.53. The van der Waals surface area contributed by atoms with Gasteiger partial charge in [0.05, 0.1) is 12.2 Å². The summed E-state index contributed by atoms with van der Waals surface area (Å²) in [5, 5.41) is 11.7. The summed E-state index contributed by atoms with van der Waals surface area (Å²) >= 11 is 0. The number of carbonyl (C=O) groups is 2. The molecule has 96 valence electrons. The predicted molar refractivity (Wildman–Crippen MR) is 64.6 cm³/mol. The van der Waals surface area contributed by atoms with Gasteiger partial charge in [0.2, 0.25) is 0 Å². The van der Waals surface area contributed by atoms with E-state index in [2.05, 4.69) is 5.32 Å². The second-order valence-corrected chi connectivity index (χ2v) is 4.07. The molecule has 1 atom stereocenters. The number of carboxylic acid groups (broad SMARTS) is 1. The number of para-hydroxylation sites is 2. The van der Waals surface area contributed by atoms with Gasteiger partial charge >= 0.3 is 5.97 Å². The number of fused-ring (bicyclic) bond motifs is 1. The summed E-state index contributed by atoms with van der Waals surface area (Å²) in [4.78, 5) is 23.6. The molecular formula is C12H14N2O4. The van der Waals surface area contributed by atoms with Crippen molar-refractivity contribution in [2.75, 3.05) is 25.5 Å². The number of nitrogens with one attached hydrogen (secondary N) is 1. The van der Waals surface area contributed by atoms with Crippen molar-refractivity contribution in [2.24, 2.45) is 0 Å². The maximum absolute atomic E-state index is 11.9. The Hall–Kier alpha value is -2.24. The molecule has 1 amide bonds. The van der Waals surface area contributed by atoms with Gasteiger partial charge in [0.1, 0.15) is 12.3 Å². The minimum absolute atomic E-state index is 0.333. The van der Waals surface area contributed by atoms with Gasteiger partial charge in [-0.1, -0.05) is 12.1 Å². The van der Waals surface area contributed by atoms with Crippen molar-refractivity contribution in [3.05, 3.63) is 24.3 Å². The van der Waals surface area contributed by atoms with Crippen molar-refractivity contribution in [3.8, 4) is 5.75 Å². The first-order valence-electron chi connectivity index (χ1n) is 5.54. The number of amides is 1. The molecule has 0 aliphatic carbocycles. The number of benzene rings is 1. The van der Waals surface area contributed by atoms with Gasteiger partial charge in [0.25, 0.3) is 5.91 Å². The van der Waals surface area contributed by atoms with Crippen LogP contribution in [0.3, 0.4) is 0 Å². The van der Waals surface area contributed by atoms with E-state index >= 15 is 0 Å². The van der Waals surface area contributed by atoms with E-state index in [1.54, 1.807) is 6.07 Å². The first kappa shape index (κ1) is 12.2. The number of aliphatic carboxylic acids is 1. The Kier molecular flexibility index (Phi) is 3.36. The molecule has 1 aliphatic rings. The van der Waals surface area contributed by atoms with Crippen molar-refractivity contribution < 1.29 is 19.4 Å². The maximum Gasteiger partial charge on any atom is 0.323 e. The number of carboxylic acids is 1. The Morgan fingerprint density at radius 1 is 1.50 bits per heavy atom. The van der Waals surface area contributed by atoms with E-state index in [9.17, 15) is 9.59 Å². The normalized spacial score (nSPS) is 17.1. The fourth-order valence-corrected chi connectivity index (χ4v) is 1.78. The summed E-state index contributed by atoms with van der Waals surface area (Å²) in [6.45, 7) is 0.000145.